The Labute approximate surface area is 107 Å². The minimum absolute atomic E-state index is 0.238. The van der Waals surface area contributed by atoms with Crippen LogP contribution < -0.4 is 0 Å². The van der Waals surface area contributed by atoms with E-state index in [4.69, 9.17) is 9.52 Å². The number of benzene rings is 1. The predicted molar refractivity (Wildman–Crippen MR) is 71.4 cm³/mol. The second kappa shape index (κ2) is 5.83. The summed E-state index contributed by atoms with van der Waals surface area (Å²) in [6.07, 6.45) is 2.62. The van der Waals surface area contributed by atoms with E-state index >= 15 is 0 Å². The van der Waals surface area contributed by atoms with E-state index in [2.05, 4.69) is 24.0 Å². The van der Waals surface area contributed by atoms with Crippen LogP contribution in [0.3, 0.4) is 0 Å². The lowest BCUT2D eigenvalue weighted by atomic mass is 10.1. The van der Waals surface area contributed by atoms with Gasteiger partial charge in [0.05, 0.1) is 5.69 Å². The summed E-state index contributed by atoms with van der Waals surface area (Å²) in [5, 5.41) is 8.78. The third kappa shape index (κ3) is 2.99. The molecule has 0 amide bonds. The molecule has 0 aliphatic heterocycles. The number of unbranched alkanes of at least 4 members (excludes halogenated alkanes) is 1. The topological polar surface area (TPSA) is 46.3 Å². The van der Waals surface area contributed by atoms with Crippen molar-refractivity contribution < 1.29 is 9.52 Å². The average molecular weight is 245 g/mol. The number of hydrogen-bond acceptors (Lipinski definition) is 3. The minimum atomic E-state index is 0.238. The first-order valence-electron chi connectivity index (χ1n) is 6.35. The van der Waals surface area contributed by atoms with E-state index < -0.39 is 0 Å². The number of aliphatic hydroxyl groups excluding tert-OH is 1. The van der Waals surface area contributed by atoms with E-state index in [1.807, 2.05) is 19.1 Å². The number of oxazole rings is 1. The molecular weight excluding hydrogens is 226 g/mol. The molecule has 3 heteroatoms. The predicted octanol–water partition coefficient (Wildman–Crippen LogP) is 3.27. The number of aryl methyl sites for hydroxylation is 3. The minimum Gasteiger partial charge on any atom is -0.441 e. The molecule has 0 unspecified atom stereocenters. The van der Waals surface area contributed by atoms with Crippen molar-refractivity contribution in [1.29, 1.82) is 0 Å². The highest BCUT2D eigenvalue weighted by Crippen LogP contribution is 2.22. The molecule has 0 spiro atoms. The molecule has 0 saturated carbocycles. The molecule has 0 aliphatic rings. The molecule has 0 radical (unpaired) electrons. The van der Waals surface area contributed by atoms with Crippen LogP contribution in [0.2, 0.25) is 0 Å². The van der Waals surface area contributed by atoms with Crippen LogP contribution in [-0.2, 0) is 6.42 Å². The van der Waals surface area contributed by atoms with Crippen molar-refractivity contribution in [3.63, 3.8) is 0 Å². The van der Waals surface area contributed by atoms with Gasteiger partial charge in [0.1, 0.15) is 5.76 Å². The van der Waals surface area contributed by atoms with Crippen LogP contribution in [0.4, 0.5) is 0 Å². The molecule has 96 valence electrons. The molecule has 2 rings (SSSR count). The monoisotopic (exact) mass is 245 g/mol. The zero-order valence-corrected chi connectivity index (χ0v) is 10.9. The highest BCUT2D eigenvalue weighted by Gasteiger charge is 2.10. The lowest BCUT2D eigenvalue weighted by Gasteiger charge is -1.96. The molecule has 3 nitrogen and oxygen atoms in total. The molecule has 1 N–H and O–H groups in total. The number of hydrogen-bond donors (Lipinski definition) is 1. The molecule has 1 heterocycles. The Hall–Kier alpha value is -1.61. The van der Waals surface area contributed by atoms with E-state index in [9.17, 15) is 0 Å². The van der Waals surface area contributed by atoms with Crippen LogP contribution in [0.5, 0.6) is 0 Å². The second-order valence-corrected chi connectivity index (χ2v) is 4.57. The smallest absolute Gasteiger partial charge is 0.226 e. The first-order valence-corrected chi connectivity index (χ1v) is 6.35. The molecule has 0 bridgehead atoms. The van der Waals surface area contributed by atoms with Gasteiger partial charge in [-0.3, -0.25) is 0 Å². The Morgan fingerprint density at radius 2 is 1.83 bits per heavy atom. The summed E-state index contributed by atoms with van der Waals surface area (Å²) < 4.78 is 5.70. The second-order valence-electron chi connectivity index (χ2n) is 4.57. The lowest BCUT2D eigenvalue weighted by Crippen LogP contribution is -1.91. The molecule has 0 aliphatic carbocycles. The highest BCUT2D eigenvalue weighted by molar-refractivity contribution is 5.54. The number of rotatable bonds is 5. The van der Waals surface area contributed by atoms with Crippen molar-refractivity contribution in [3.05, 3.63) is 41.3 Å². The van der Waals surface area contributed by atoms with Crippen LogP contribution in [0.1, 0.15) is 29.9 Å². The Morgan fingerprint density at radius 1 is 1.11 bits per heavy atom. The Balaban J connectivity index is 2.15. The van der Waals surface area contributed by atoms with Crippen LogP contribution in [-0.4, -0.2) is 16.7 Å². The molecule has 0 saturated heterocycles. The molecule has 0 atom stereocenters. The molecule has 1 aromatic carbocycles. The molecule has 2 aromatic rings. The molecule has 1 aromatic heterocycles. The third-order valence-electron chi connectivity index (χ3n) is 3.01. The van der Waals surface area contributed by atoms with Crippen molar-refractivity contribution in [2.24, 2.45) is 0 Å². The summed E-state index contributed by atoms with van der Waals surface area (Å²) in [6.45, 7) is 4.24. The van der Waals surface area contributed by atoms with E-state index in [1.54, 1.807) is 0 Å². The standard InChI is InChI=1S/C15H19NO2/c1-11-6-8-13(9-7-11)15-16-14(12(2)18-15)5-3-4-10-17/h6-9,17H,3-5,10H2,1-2H3. The average Bonchev–Trinajstić information content (AvgIpc) is 2.72. The lowest BCUT2D eigenvalue weighted by molar-refractivity contribution is 0.284. The van der Waals surface area contributed by atoms with E-state index in [0.29, 0.717) is 5.89 Å². The molecule has 18 heavy (non-hydrogen) atoms. The molecular formula is C15H19NO2. The summed E-state index contributed by atoms with van der Waals surface area (Å²) in [4.78, 5) is 4.53. The van der Waals surface area contributed by atoms with Crippen LogP contribution >= 0.6 is 0 Å². The van der Waals surface area contributed by atoms with Gasteiger partial charge in [-0.15, -0.1) is 0 Å². The maximum atomic E-state index is 8.78. The van der Waals surface area contributed by atoms with Crippen molar-refractivity contribution in [2.45, 2.75) is 33.1 Å². The van der Waals surface area contributed by atoms with Gasteiger partial charge in [0, 0.05) is 12.2 Å². The van der Waals surface area contributed by atoms with Gasteiger partial charge in [-0.25, -0.2) is 4.98 Å². The van der Waals surface area contributed by atoms with E-state index in [1.165, 1.54) is 5.56 Å². The van der Waals surface area contributed by atoms with Crippen LogP contribution in [0.25, 0.3) is 11.5 Å². The Morgan fingerprint density at radius 3 is 2.50 bits per heavy atom. The number of aliphatic hydroxyl groups is 1. The highest BCUT2D eigenvalue weighted by atomic mass is 16.4. The summed E-state index contributed by atoms with van der Waals surface area (Å²) in [5.41, 5.74) is 3.24. The maximum absolute atomic E-state index is 8.78. The number of aromatic nitrogens is 1. The van der Waals surface area contributed by atoms with Crippen molar-refractivity contribution in [3.8, 4) is 11.5 Å². The summed E-state index contributed by atoms with van der Waals surface area (Å²) in [5.74, 6) is 1.56. The Kier molecular flexibility index (Phi) is 4.15. The van der Waals surface area contributed by atoms with Crippen molar-refractivity contribution in [1.82, 2.24) is 4.98 Å². The third-order valence-corrected chi connectivity index (χ3v) is 3.01. The van der Waals surface area contributed by atoms with Crippen LogP contribution in [0.15, 0.2) is 28.7 Å². The van der Waals surface area contributed by atoms with Crippen LogP contribution in [0, 0.1) is 13.8 Å². The van der Waals surface area contributed by atoms with Crippen molar-refractivity contribution in [2.75, 3.05) is 6.61 Å². The summed E-state index contributed by atoms with van der Waals surface area (Å²) >= 11 is 0. The normalized spacial score (nSPS) is 10.8. The first-order chi connectivity index (χ1) is 8.70. The van der Waals surface area contributed by atoms with Gasteiger partial charge < -0.3 is 9.52 Å². The van der Waals surface area contributed by atoms with Gasteiger partial charge in [-0.05, 0) is 45.2 Å². The fourth-order valence-corrected chi connectivity index (χ4v) is 1.88. The maximum Gasteiger partial charge on any atom is 0.226 e. The Bertz CT molecular complexity index is 500. The largest absolute Gasteiger partial charge is 0.441 e. The van der Waals surface area contributed by atoms with E-state index in [-0.39, 0.29) is 6.61 Å². The van der Waals surface area contributed by atoms with Gasteiger partial charge >= 0.3 is 0 Å². The van der Waals surface area contributed by atoms with Gasteiger partial charge in [0.25, 0.3) is 0 Å². The van der Waals surface area contributed by atoms with Gasteiger partial charge in [-0.1, -0.05) is 17.7 Å². The van der Waals surface area contributed by atoms with E-state index in [0.717, 1.165) is 36.3 Å². The fraction of sp³-hybridized carbons (Fsp3) is 0.400. The van der Waals surface area contributed by atoms with Gasteiger partial charge in [-0.2, -0.15) is 0 Å². The van der Waals surface area contributed by atoms with Crippen molar-refractivity contribution >= 4 is 0 Å². The first kappa shape index (κ1) is 12.8. The van der Waals surface area contributed by atoms with Gasteiger partial charge in [0.15, 0.2) is 0 Å². The quantitative estimate of drug-likeness (QED) is 0.822. The SMILES string of the molecule is Cc1ccc(-c2nc(CCCCO)c(C)o2)cc1. The van der Waals surface area contributed by atoms with Gasteiger partial charge in [0.2, 0.25) is 5.89 Å². The number of nitrogens with zero attached hydrogens (tertiary/aromatic N) is 1. The summed E-state index contributed by atoms with van der Waals surface area (Å²) in [6, 6.07) is 8.16. The zero-order valence-electron chi connectivity index (χ0n) is 10.9. The summed E-state index contributed by atoms with van der Waals surface area (Å²) in [7, 11) is 0. The fourth-order valence-electron chi connectivity index (χ4n) is 1.88. The molecule has 0 fully saturated rings. The zero-order chi connectivity index (χ0) is 13.0.